The summed E-state index contributed by atoms with van der Waals surface area (Å²) in [7, 11) is 0. The molecule has 0 aromatic carbocycles. The van der Waals surface area contributed by atoms with Crippen molar-refractivity contribution in [3.8, 4) is 0 Å². The quantitative estimate of drug-likeness (QED) is 0.182. The van der Waals surface area contributed by atoms with Crippen LogP contribution in [0.25, 0.3) is 0 Å². The fourth-order valence-electron chi connectivity index (χ4n) is 3.13. The van der Waals surface area contributed by atoms with Crippen LogP contribution in [-0.2, 0) is 38.1 Å². The number of amides is 2. The minimum absolute atomic E-state index is 0.105. The number of ether oxygens (including phenoxy) is 5. The first kappa shape index (κ1) is 38.0. The summed E-state index contributed by atoms with van der Waals surface area (Å²) in [5.41, 5.74) is -3.02. The molecule has 0 rings (SSSR count). The molecule has 2 N–H and O–H groups in total. The van der Waals surface area contributed by atoms with Gasteiger partial charge in [0.1, 0.15) is 28.4 Å². The van der Waals surface area contributed by atoms with Crippen LogP contribution >= 0.6 is 0 Å². The van der Waals surface area contributed by atoms with Gasteiger partial charge in [0.05, 0.1) is 0 Å². The lowest BCUT2D eigenvalue weighted by atomic mass is 10.1. The van der Waals surface area contributed by atoms with E-state index in [0.717, 1.165) is 0 Å². The summed E-state index contributed by atoms with van der Waals surface area (Å²) in [6.45, 7) is 20.8. The van der Waals surface area contributed by atoms with Crippen molar-refractivity contribution in [2.24, 2.45) is 0 Å². The van der Waals surface area contributed by atoms with E-state index in [-0.39, 0.29) is 25.8 Å². The highest BCUT2D eigenvalue weighted by atomic mass is 16.6. The third-order valence-corrected chi connectivity index (χ3v) is 4.52. The molecule has 0 aliphatic rings. The second-order valence-electron chi connectivity index (χ2n) is 13.7. The van der Waals surface area contributed by atoms with Gasteiger partial charge in [-0.1, -0.05) is 0 Å². The number of esters is 3. The van der Waals surface area contributed by atoms with E-state index >= 15 is 0 Å². The van der Waals surface area contributed by atoms with Crippen LogP contribution in [0.1, 0.15) is 115 Å². The van der Waals surface area contributed by atoms with Crippen LogP contribution in [0, 0.1) is 0 Å². The molecule has 0 aliphatic carbocycles. The number of hydrogen-bond donors (Lipinski definition) is 2. The summed E-state index contributed by atoms with van der Waals surface area (Å²) in [5.74, 6) is -2.07. The Morgan fingerprint density at radius 3 is 1.56 bits per heavy atom. The van der Waals surface area contributed by atoms with E-state index in [2.05, 4.69) is 10.6 Å². The highest BCUT2D eigenvalue weighted by Crippen LogP contribution is 2.16. The van der Waals surface area contributed by atoms with Crippen molar-refractivity contribution in [3.63, 3.8) is 0 Å². The Bertz CT molecular complexity index is 889. The predicted molar refractivity (Wildman–Crippen MR) is 152 cm³/mol. The maximum Gasteiger partial charge on any atom is 0.408 e. The number of alkyl carbamates (subject to hydrolysis) is 2. The van der Waals surface area contributed by atoms with Gasteiger partial charge in [-0.25, -0.2) is 19.2 Å². The fourth-order valence-corrected chi connectivity index (χ4v) is 3.13. The Morgan fingerprint density at radius 2 is 1.07 bits per heavy atom. The lowest BCUT2D eigenvalue weighted by Gasteiger charge is -2.26. The largest absolute Gasteiger partial charge is 0.460 e. The van der Waals surface area contributed by atoms with E-state index < -0.39 is 64.6 Å². The highest BCUT2D eigenvalue weighted by Gasteiger charge is 2.32. The average Bonchev–Trinajstić information content (AvgIpc) is 2.70. The summed E-state index contributed by atoms with van der Waals surface area (Å²) in [5, 5.41) is 5.05. The van der Waals surface area contributed by atoms with Crippen molar-refractivity contribution in [2.75, 3.05) is 6.54 Å². The van der Waals surface area contributed by atoms with Crippen molar-refractivity contribution in [1.82, 2.24) is 10.6 Å². The Labute approximate surface area is 244 Å². The van der Waals surface area contributed by atoms with Gasteiger partial charge in [0.15, 0.2) is 0 Å². The van der Waals surface area contributed by atoms with Gasteiger partial charge in [-0.3, -0.25) is 4.79 Å². The smallest absolute Gasteiger partial charge is 0.408 e. The molecule has 2 atom stereocenters. The number of nitrogens with one attached hydrogen (secondary N) is 2. The number of unbranched alkanes of at least 4 members (excludes halogenated alkanes) is 1. The van der Waals surface area contributed by atoms with Crippen LogP contribution in [-0.4, -0.2) is 71.2 Å². The molecule has 0 radical (unpaired) electrons. The molecule has 0 aromatic heterocycles. The first-order valence-electron chi connectivity index (χ1n) is 14.0. The Hall–Kier alpha value is -3.05. The highest BCUT2D eigenvalue weighted by molar-refractivity contribution is 5.84. The summed E-state index contributed by atoms with van der Waals surface area (Å²) in [4.78, 5) is 62.5. The molecule has 0 aromatic rings. The lowest BCUT2D eigenvalue weighted by molar-refractivity contribution is -0.165. The van der Waals surface area contributed by atoms with Gasteiger partial charge in [0, 0.05) is 13.0 Å². The maximum absolute atomic E-state index is 12.8. The third kappa shape index (κ3) is 21.4. The van der Waals surface area contributed by atoms with Crippen molar-refractivity contribution in [3.05, 3.63) is 0 Å². The zero-order valence-corrected chi connectivity index (χ0v) is 27.0. The topological polar surface area (TPSA) is 156 Å². The second kappa shape index (κ2) is 15.8. The zero-order valence-electron chi connectivity index (χ0n) is 27.0. The molecule has 0 aliphatic heterocycles. The molecule has 0 saturated carbocycles. The van der Waals surface area contributed by atoms with Gasteiger partial charge in [-0.15, -0.1) is 0 Å². The Morgan fingerprint density at radius 1 is 0.585 bits per heavy atom. The van der Waals surface area contributed by atoms with Gasteiger partial charge < -0.3 is 34.3 Å². The maximum atomic E-state index is 12.8. The zero-order chi connectivity index (χ0) is 32.2. The number of carbonyl (C=O) groups is 5. The van der Waals surface area contributed by atoms with Gasteiger partial charge in [-0.05, 0) is 109 Å². The molecule has 0 fully saturated rings. The van der Waals surface area contributed by atoms with Crippen molar-refractivity contribution < 1.29 is 47.7 Å². The predicted octanol–water partition coefficient (Wildman–Crippen LogP) is 4.95. The second-order valence-corrected chi connectivity index (χ2v) is 13.7. The van der Waals surface area contributed by atoms with Gasteiger partial charge >= 0.3 is 30.1 Å². The van der Waals surface area contributed by atoms with E-state index in [0.29, 0.717) is 12.8 Å². The first-order chi connectivity index (χ1) is 18.4. The van der Waals surface area contributed by atoms with Crippen molar-refractivity contribution in [1.29, 1.82) is 0 Å². The molecule has 12 heteroatoms. The van der Waals surface area contributed by atoms with E-state index in [9.17, 15) is 24.0 Å². The van der Waals surface area contributed by atoms with E-state index in [1.807, 2.05) is 0 Å². The molecule has 12 nitrogen and oxygen atoms in total. The monoisotopic (exact) mass is 588 g/mol. The molecule has 0 bridgehead atoms. The average molecular weight is 589 g/mol. The van der Waals surface area contributed by atoms with Gasteiger partial charge in [-0.2, -0.15) is 0 Å². The molecule has 238 valence electrons. The molecular weight excluding hydrogens is 536 g/mol. The van der Waals surface area contributed by atoms with Gasteiger partial charge in [0.25, 0.3) is 0 Å². The first-order valence-corrected chi connectivity index (χ1v) is 14.0. The van der Waals surface area contributed by atoms with Crippen LogP contribution in [0.3, 0.4) is 0 Å². The van der Waals surface area contributed by atoms with Crippen molar-refractivity contribution >= 4 is 30.1 Å². The standard InChI is InChI=1S/C29H52N2O10/c1-26(2,3)38-21(32)17-16-19(22(33)39-27(4,5)6)31-25(36)37-20(23(34)40-28(7,8)9)15-13-14-18-30-24(35)41-29(10,11)12/h19-20H,13-18H2,1-12H3,(H,30,35)(H,31,36)/t19-,20-/m0/s1. The summed E-state index contributed by atoms with van der Waals surface area (Å²) < 4.78 is 26.7. The minimum atomic E-state index is -1.28. The summed E-state index contributed by atoms with van der Waals surface area (Å²) >= 11 is 0. The summed E-state index contributed by atoms with van der Waals surface area (Å²) in [6, 6.07) is -1.23. The van der Waals surface area contributed by atoms with E-state index in [1.165, 1.54) is 0 Å². The SMILES string of the molecule is CC(C)(C)OC(=O)CC[C@H](NC(=O)O[C@@H](CCCCNC(=O)OC(C)(C)C)C(=O)OC(C)(C)C)C(=O)OC(C)(C)C. The molecule has 0 saturated heterocycles. The molecule has 0 spiro atoms. The minimum Gasteiger partial charge on any atom is -0.460 e. The third-order valence-electron chi connectivity index (χ3n) is 4.52. The molecule has 0 unspecified atom stereocenters. The lowest BCUT2D eigenvalue weighted by Crippen LogP contribution is -2.46. The molecule has 41 heavy (non-hydrogen) atoms. The fraction of sp³-hybridized carbons (Fsp3) is 0.828. The van der Waals surface area contributed by atoms with Gasteiger partial charge in [0.2, 0.25) is 6.10 Å². The molecule has 2 amide bonds. The van der Waals surface area contributed by atoms with Crippen LogP contribution in [0.5, 0.6) is 0 Å². The van der Waals surface area contributed by atoms with Crippen LogP contribution in [0.2, 0.25) is 0 Å². The Balaban J connectivity index is 5.38. The normalized spacial score (nSPS) is 13.8. The number of hydrogen-bond acceptors (Lipinski definition) is 10. The Kier molecular flexibility index (Phi) is 14.6. The number of carbonyl (C=O) groups excluding carboxylic acids is 5. The van der Waals surface area contributed by atoms with E-state index in [4.69, 9.17) is 23.7 Å². The van der Waals surface area contributed by atoms with Crippen LogP contribution in [0.4, 0.5) is 9.59 Å². The summed E-state index contributed by atoms with van der Waals surface area (Å²) in [6.07, 6.45) is -2.17. The molecule has 0 heterocycles. The van der Waals surface area contributed by atoms with Crippen LogP contribution < -0.4 is 10.6 Å². The molecular formula is C29H52N2O10. The van der Waals surface area contributed by atoms with E-state index in [1.54, 1.807) is 83.1 Å². The van der Waals surface area contributed by atoms with Crippen LogP contribution in [0.15, 0.2) is 0 Å². The van der Waals surface area contributed by atoms with Crippen molar-refractivity contribution in [2.45, 2.75) is 150 Å². The number of rotatable bonds is 12.